The third-order valence-electron chi connectivity index (χ3n) is 4.26. The first kappa shape index (κ1) is 15.8. The van der Waals surface area contributed by atoms with Crippen LogP contribution in [0.2, 0.25) is 0 Å². The van der Waals surface area contributed by atoms with Crippen LogP contribution in [0.4, 0.5) is 10.1 Å². The first-order valence-corrected chi connectivity index (χ1v) is 7.59. The predicted octanol–water partition coefficient (Wildman–Crippen LogP) is 3.91. The fourth-order valence-corrected chi connectivity index (χ4v) is 2.98. The van der Waals surface area contributed by atoms with E-state index in [2.05, 4.69) is 19.2 Å². The molecule has 0 spiro atoms. The lowest BCUT2D eigenvalue weighted by molar-refractivity contribution is -0.154. The summed E-state index contributed by atoms with van der Waals surface area (Å²) in [6, 6.07) is 4.75. The van der Waals surface area contributed by atoms with Gasteiger partial charge in [0.25, 0.3) is 0 Å². The first-order valence-electron chi connectivity index (χ1n) is 7.59. The molecule has 1 aliphatic rings. The lowest BCUT2D eigenvalue weighted by atomic mass is 9.64. The summed E-state index contributed by atoms with van der Waals surface area (Å²) >= 11 is 0. The number of carbonyl (C=O) groups excluding carboxylic acids is 1. The van der Waals surface area contributed by atoms with E-state index in [4.69, 9.17) is 4.74 Å². The van der Waals surface area contributed by atoms with Gasteiger partial charge in [0.15, 0.2) is 0 Å². The number of hydrogen-bond donors (Lipinski definition) is 1. The van der Waals surface area contributed by atoms with Gasteiger partial charge in [0.2, 0.25) is 0 Å². The fourth-order valence-electron chi connectivity index (χ4n) is 2.98. The Balaban J connectivity index is 2.19. The number of hydrogen-bond acceptors (Lipinski definition) is 3. The molecular weight excluding hydrogens is 269 g/mol. The summed E-state index contributed by atoms with van der Waals surface area (Å²) in [4.78, 5) is 12.3. The van der Waals surface area contributed by atoms with Gasteiger partial charge < -0.3 is 10.1 Å². The summed E-state index contributed by atoms with van der Waals surface area (Å²) in [5.41, 5.74) is 0.768. The summed E-state index contributed by atoms with van der Waals surface area (Å²) in [6.45, 7) is 8.31. The zero-order valence-electron chi connectivity index (χ0n) is 13.2. The van der Waals surface area contributed by atoms with E-state index in [1.54, 1.807) is 6.92 Å². The molecule has 116 valence electrons. The number of nitrogens with one attached hydrogen (secondary N) is 1. The zero-order valence-corrected chi connectivity index (χ0v) is 13.2. The van der Waals surface area contributed by atoms with Gasteiger partial charge in [-0.3, -0.25) is 0 Å². The molecule has 1 aromatic rings. The molecule has 0 unspecified atom stereocenters. The minimum absolute atomic E-state index is 0.233. The lowest BCUT2D eigenvalue weighted by Crippen LogP contribution is -2.58. The topological polar surface area (TPSA) is 38.3 Å². The van der Waals surface area contributed by atoms with Crippen LogP contribution in [0.25, 0.3) is 0 Å². The molecule has 0 heterocycles. The number of benzene rings is 1. The summed E-state index contributed by atoms with van der Waals surface area (Å²) in [7, 11) is 0. The molecule has 0 aromatic heterocycles. The second kappa shape index (κ2) is 6.04. The van der Waals surface area contributed by atoms with Gasteiger partial charge in [0, 0.05) is 5.69 Å². The quantitative estimate of drug-likeness (QED) is 0.836. The molecule has 1 aromatic carbocycles. The first-order chi connectivity index (χ1) is 9.86. The molecule has 1 saturated carbocycles. The number of ether oxygens (including phenoxy) is 1. The summed E-state index contributed by atoms with van der Waals surface area (Å²) in [5, 5.41) is 3.23. The average Bonchev–Trinajstić information content (AvgIpc) is 2.31. The number of carbonyl (C=O) groups is 1. The van der Waals surface area contributed by atoms with Crippen molar-refractivity contribution in [2.24, 2.45) is 11.8 Å². The van der Waals surface area contributed by atoms with E-state index in [9.17, 15) is 9.18 Å². The van der Waals surface area contributed by atoms with Gasteiger partial charge in [-0.25, -0.2) is 9.18 Å². The Morgan fingerprint density at radius 2 is 2.10 bits per heavy atom. The minimum atomic E-state index is -0.703. The van der Waals surface area contributed by atoms with Crippen molar-refractivity contribution >= 4 is 11.7 Å². The smallest absolute Gasteiger partial charge is 0.331 e. The van der Waals surface area contributed by atoms with Gasteiger partial charge in [-0.05, 0) is 62.3 Å². The number of rotatable bonds is 5. The van der Waals surface area contributed by atoms with E-state index in [1.165, 1.54) is 12.1 Å². The maximum absolute atomic E-state index is 13.5. The van der Waals surface area contributed by atoms with Crippen molar-refractivity contribution in [2.45, 2.75) is 46.1 Å². The van der Waals surface area contributed by atoms with Gasteiger partial charge in [-0.15, -0.1) is 0 Å². The van der Waals surface area contributed by atoms with Crippen LogP contribution >= 0.6 is 0 Å². The van der Waals surface area contributed by atoms with Gasteiger partial charge in [-0.2, -0.15) is 0 Å². The molecule has 1 N–H and O–H groups in total. The van der Waals surface area contributed by atoms with Crippen molar-refractivity contribution in [2.75, 3.05) is 11.9 Å². The highest BCUT2D eigenvalue weighted by atomic mass is 19.1. The molecular formula is C17H24FNO2. The van der Waals surface area contributed by atoms with E-state index in [1.807, 2.05) is 13.0 Å². The van der Waals surface area contributed by atoms with Crippen molar-refractivity contribution in [3.8, 4) is 0 Å². The predicted molar refractivity (Wildman–Crippen MR) is 81.7 cm³/mol. The standard InChI is InChI=1S/C17H24FNO2/c1-5-21-16(20)17(9-13(10-17)11(2)3)19-15-7-12(4)6-14(18)8-15/h6-8,11,13,19H,5,9-10H2,1-4H3. The van der Waals surface area contributed by atoms with Crippen LogP contribution in [-0.4, -0.2) is 18.1 Å². The Labute approximate surface area is 125 Å². The molecule has 3 nitrogen and oxygen atoms in total. The second-order valence-corrected chi connectivity index (χ2v) is 6.36. The Bertz CT molecular complexity index is 501. The van der Waals surface area contributed by atoms with Crippen molar-refractivity contribution in [3.63, 3.8) is 0 Å². The van der Waals surface area contributed by atoms with E-state index in [-0.39, 0.29) is 11.8 Å². The SMILES string of the molecule is CCOC(=O)C1(Nc2cc(C)cc(F)c2)CC(C(C)C)C1. The molecule has 0 aliphatic heterocycles. The van der Waals surface area contributed by atoms with Crippen LogP contribution < -0.4 is 5.32 Å². The summed E-state index contributed by atoms with van der Waals surface area (Å²) in [5.74, 6) is 0.500. The van der Waals surface area contributed by atoms with E-state index in [0.29, 0.717) is 24.1 Å². The largest absolute Gasteiger partial charge is 0.464 e. The Morgan fingerprint density at radius 3 is 2.62 bits per heavy atom. The molecule has 0 saturated heterocycles. The molecule has 0 bridgehead atoms. The van der Waals surface area contributed by atoms with Crippen molar-refractivity contribution < 1.29 is 13.9 Å². The van der Waals surface area contributed by atoms with Crippen molar-refractivity contribution in [1.29, 1.82) is 0 Å². The van der Waals surface area contributed by atoms with Crippen LogP contribution in [0, 0.1) is 24.6 Å². The molecule has 4 heteroatoms. The number of halogens is 1. The Morgan fingerprint density at radius 1 is 1.43 bits per heavy atom. The highest BCUT2D eigenvalue weighted by Crippen LogP contribution is 2.45. The normalized spacial score (nSPS) is 24.6. The van der Waals surface area contributed by atoms with Gasteiger partial charge in [-0.1, -0.05) is 13.8 Å². The number of anilines is 1. The highest BCUT2D eigenvalue weighted by Gasteiger charge is 2.52. The van der Waals surface area contributed by atoms with Crippen LogP contribution in [0.3, 0.4) is 0 Å². The number of esters is 1. The molecule has 1 fully saturated rings. The van der Waals surface area contributed by atoms with Gasteiger partial charge >= 0.3 is 5.97 Å². The lowest BCUT2D eigenvalue weighted by Gasteiger charge is -2.48. The van der Waals surface area contributed by atoms with Gasteiger partial charge in [0.05, 0.1) is 6.61 Å². The van der Waals surface area contributed by atoms with Crippen LogP contribution in [0.15, 0.2) is 18.2 Å². The third kappa shape index (κ3) is 3.36. The Hall–Kier alpha value is -1.58. The molecule has 21 heavy (non-hydrogen) atoms. The van der Waals surface area contributed by atoms with Crippen molar-refractivity contribution in [3.05, 3.63) is 29.6 Å². The van der Waals surface area contributed by atoms with Crippen LogP contribution in [-0.2, 0) is 9.53 Å². The number of aryl methyl sites for hydroxylation is 1. The van der Waals surface area contributed by atoms with Crippen molar-refractivity contribution in [1.82, 2.24) is 0 Å². The van der Waals surface area contributed by atoms with E-state index >= 15 is 0 Å². The van der Waals surface area contributed by atoms with Crippen LogP contribution in [0.1, 0.15) is 39.2 Å². The van der Waals surface area contributed by atoms with E-state index < -0.39 is 5.54 Å². The second-order valence-electron chi connectivity index (χ2n) is 6.36. The maximum atomic E-state index is 13.5. The average molecular weight is 293 g/mol. The highest BCUT2D eigenvalue weighted by molar-refractivity contribution is 5.86. The maximum Gasteiger partial charge on any atom is 0.331 e. The zero-order chi connectivity index (χ0) is 15.6. The summed E-state index contributed by atoms with van der Waals surface area (Å²) in [6.07, 6.45) is 1.47. The molecule has 0 radical (unpaired) electrons. The third-order valence-corrected chi connectivity index (χ3v) is 4.26. The molecule has 0 amide bonds. The summed E-state index contributed by atoms with van der Waals surface area (Å²) < 4.78 is 18.7. The van der Waals surface area contributed by atoms with Crippen LogP contribution in [0.5, 0.6) is 0 Å². The Kier molecular flexibility index (Phi) is 4.55. The monoisotopic (exact) mass is 293 g/mol. The molecule has 1 aliphatic carbocycles. The minimum Gasteiger partial charge on any atom is -0.464 e. The molecule has 0 atom stereocenters. The van der Waals surface area contributed by atoms with Gasteiger partial charge in [0.1, 0.15) is 11.4 Å². The molecule has 2 rings (SSSR count). The van der Waals surface area contributed by atoms with E-state index in [0.717, 1.165) is 18.4 Å². The fraction of sp³-hybridized carbons (Fsp3) is 0.588.